The highest BCUT2D eigenvalue weighted by Gasteiger charge is 2.14. The quantitative estimate of drug-likeness (QED) is 0.558. The molecule has 0 rings (SSSR count). The van der Waals surface area contributed by atoms with Gasteiger partial charge in [-0.2, -0.15) is 0 Å². The van der Waals surface area contributed by atoms with Gasteiger partial charge in [-0.3, -0.25) is 4.90 Å². The summed E-state index contributed by atoms with van der Waals surface area (Å²) >= 11 is 0. The van der Waals surface area contributed by atoms with E-state index < -0.39 is 0 Å². The molecule has 0 aromatic rings. The van der Waals surface area contributed by atoms with Crippen LogP contribution in [0, 0.1) is 0 Å². The Bertz CT molecular complexity index is 89.3. The van der Waals surface area contributed by atoms with Crippen molar-refractivity contribution in [2.24, 2.45) is 0 Å². The maximum Gasteiger partial charge on any atom is 0.0992 e. The van der Waals surface area contributed by atoms with E-state index in [1.165, 1.54) is 0 Å². The van der Waals surface area contributed by atoms with Crippen molar-refractivity contribution in [2.45, 2.75) is 32.8 Å². The maximum atomic E-state index is 5.57. The molecule has 0 bridgehead atoms. The van der Waals surface area contributed by atoms with E-state index in [0.717, 1.165) is 6.42 Å². The molecule has 10 heavy (non-hydrogen) atoms. The van der Waals surface area contributed by atoms with E-state index in [2.05, 4.69) is 20.8 Å². The van der Waals surface area contributed by atoms with Gasteiger partial charge < -0.3 is 4.74 Å². The average Bonchev–Trinajstić information content (AvgIpc) is 1.85. The lowest BCUT2D eigenvalue weighted by atomic mass is 10.1. The molecular formula is C8H19NO. The van der Waals surface area contributed by atoms with Gasteiger partial charge in [-0.15, -0.1) is 0 Å². The van der Waals surface area contributed by atoms with E-state index >= 15 is 0 Å². The maximum absolute atomic E-state index is 5.57. The number of hydrogen-bond acceptors (Lipinski definition) is 2. The van der Waals surface area contributed by atoms with Gasteiger partial charge in [0.25, 0.3) is 0 Å². The van der Waals surface area contributed by atoms with Gasteiger partial charge >= 0.3 is 0 Å². The molecule has 0 unspecified atom stereocenters. The third-order valence-electron chi connectivity index (χ3n) is 1.56. The van der Waals surface area contributed by atoms with E-state index in [9.17, 15) is 0 Å². The first-order valence-electron chi connectivity index (χ1n) is 3.76. The molecule has 0 heterocycles. The molecule has 0 spiro atoms. The fourth-order valence-corrected chi connectivity index (χ4v) is 0.406. The van der Waals surface area contributed by atoms with Crippen molar-refractivity contribution in [2.75, 3.05) is 20.8 Å². The Morgan fingerprint density at radius 2 is 1.80 bits per heavy atom. The SMILES string of the molecule is CCC(C)(C)OCN(C)C. The van der Waals surface area contributed by atoms with Crippen LogP contribution in [0.1, 0.15) is 27.2 Å². The fourth-order valence-electron chi connectivity index (χ4n) is 0.406. The Morgan fingerprint density at radius 1 is 1.30 bits per heavy atom. The van der Waals surface area contributed by atoms with Crippen molar-refractivity contribution in [1.29, 1.82) is 0 Å². The van der Waals surface area contributed by atoms with Crippen molar-refractivity contribution in [3.8, 4) is 0 Å². The third kappa shape index (κ3) is 4.77. The van der Waals surface area contributed by atoms with E-state index in [0.29, 0.717) is 6.73 Å². The lowest BCUT2D eigenvalue weighted by Crippen LogP contribution is -2.29. The predicted molar refractivity (Wildman–Crippen MR) is 44.0 cm³/mol. The van der Waals surface area contributed by atoms with E-state index in [1.807, 2.05) is 19.0 Å². The van der Waals surface area contributed by atoms with Crippen LogP contribution in [0.15, 0.2) is 0 Å². The van der Waals surface area contributed by atoms with E-state index in [-0.39, 0.29) is 5.60 Å². The summed E-state index contributed by atoms with van der Waals surface area (Å²) in [4.78, 5) is 2.03. The monoisotopic (exact) mass is 145 g/mol. The van der Waals surface area contributed by atoms with Gasteiger partial charge in [-0.05, 0) is 34.4 Å². The first-order valence-corrected chi connectivity index (χ1v) is 3.76. The van der Waals surface area contributed by atoms with Gasteiger partial charge in [-0.1, -0.05) is 6.92 Å². The molecule has 0 aliphatic rings. The van der Waals surface area contributed by atoms with Gasteiger partial charge in [0.15, 0.2) is 0 Å². The smallest absolute Gasteiger partial charge is 0.0992 e. The van der Waals surface area contributed by atoms with Crippen LogP contribution in [0.2, 0.25) is 0 Å². The van der Waals surface area contributed by atoms with Crippen molar-refractivity contribution >= 4 is 0 Å². The average molecular weight is 145 g/mol. The molecule has 0 radical (unpaired) electrons. The van der Waals surface area contributed by atoms with Gasteiger partial charge in [0.1, 0.15) is 0 Å². The summed E-state index contributed by atoms with van der Waals surface area (Å²) in [5.74, 6) is 0. The van der Waals surface area contributed by atoms with Crippen LogP contribution in [0.3, 0.4) is 0 Å². The van der Waals surface area contributed by atoms with Gasteiger partial charge in [-0.25, -0.2) is 0 Å². The standard InChI is InChI=1S/C8H19NO/c1-6-8(2,3)10-7-9(4)5/h6-7H2,1-5H3. The zero-order valence-corrected chi connectivity index (χ0v) is 7.77. The molecule has 2 nitrogen and oxygen atoms in total. The first kappa shape index (κ1) is 9.92. The molecule has 0 atom stereocenters. The highest BCUT2D eigenvalue weighted by atomic mass is 16.5. The summed E-state index contributed by atoms with van der Waals surface area (Å²) in [5, 5.41) is 0. The van der Waals surface area contributed by atoms with E-state index in [4.69, 9.17) is 4.74 Å². The lowest BCUT2D eigenvalue weighted by molar-refractivity contribution is -0.0623. The summed E-state index contributed by atoms with van der Waals surface area (Å²) in [6.07, 6.45) is 1.06. The van der Waals surface area contributed by atoms with Crippen molar-refractivity contribution in [3.63, 3.8) is 0 Å². The largest absolute Gasteiger partial charge is 0.360 e. The number of hydrogen-bond donors (Lipinski definition) is 0. The van der Waals surface area contributed by atoms with Crippen LogP contribution in [0.4, 0.5) is 0 Å². The molecule has 0 aromatic heterocycles. The molecule has 0 aliphatic carbocycles. The number of ether oxygens (including phenoxy) is 1. The Morgan fingerprint density at radius 3 is 2.10 bits per heavy atom. The molecule has 0 fully saturated rings. The molecule has 0 aliphatic heterocycles. The molecule has 0 saturated carbocycles. The fraction of sp³-hybridized carbons (Fsp3) is 1.00. The van der Waals surface area contributed by atoms with Crippen LogP contribution in [-0.4, -0.2) is 31.3 Å². The highest BCUT2D eigenvalue weighted by Crippen LogP contribution is 2.12. The van der Waals surface area contributed by atoms with Crippen molar-refractivity contribution < 1.29 is 4.74 Å². The second kappa shape index (κ2) is 3.94. The van der Waals surface area contributed by atoms with Gasteiger partial charge in [0, 0.05) is 0 Å². The van der Waals surface area contributed by atoms with Crippen LogP contribution < -0.4 is 0 Å². The second-order valence-corrected chi connectivity index (χ2v) is 3.47. The number of rotatable bonds is 4. The molecule has 0 aromatic carbocycles. The summed E-state index contributed by atoms with van der Waals surface area (Å²) in [6.45, 7) is 7.06. The zero-order chi connectivity index (χ0) is 8.20. The Balaban J connectivity index is 3.46. The first-order chi connectivity index (χ1) is 4.48. The van der Waals surface area contributed by atoms with E-state index in [1.54, 1.807) is 0 Å². The van der Waals surface area contributed by atoms with Crippen LogP contribution in [0.25, 0.3) is 0 Å². The second-order valence-electron chi connectivity index (χ2n) is 3.47. The minimum absolute atomic E-state index is 0.0320. The molecule has 62 valence electrons. The molecule has 2 heteroatoms. The molecular weight excluding hydrogens is 126 g/mol. The zero-order valence-electron chi connectivity index (χ0n) is 7.77. The Kier molecular flexibility index (Phi) is 3.91. The topological polar surface area (TPSA) is 12.5 Å². The van der Waals surface area contributed by atoms with Crippen molar-refractivity contribution in [1.82, 2.24) is 4.90 Å². The predicted octanol–water partition coefficient (Wildman–Crippen LogP) is 1.71. The molecule has 0 saturated heterocycles. The van der Waals surface area contributed by atoms with Crippen molar-refractivity contribution in [3.05, 3.63) is 0 Å². The summed E-state index contributed by atoms with van der Waals surface area (Å²) in [7, 11) is 4.01. The summed E-state index contributed by atoms with van der Waals surface area (Å²) in [6, 6.07) is 0. The normalized spacial score (nSPS) is 12.6. The molecule has 0 amide bonds. The van der Waals surface area contributed by atoms with Crippen LogP contribution in [-0.2, 0) is 4.74 Å². The number of nitrogens with zero attached hydrogens (tertiary/aromatic N) is 1. The van der Waals surface area contributed by atoms with Crippen LogP contribution in [0.5, 0.6) is 0 Å². The summed E-state index contributed by atoms with van der Waals surface area (Å²) in [5.41, 5.74) is 0.0320. The Hall–Kier alpha value is -0.0800. The van der Waals surface area contributed by atoms with Gasteiger partial charge in [0.2, 0.25) is 0 Å². The van der Waals surface area contributed by atoms with Crippen LogP contribution >= 0.6 is 0 Å². The molecule has 0 N–H and O–H groups in total. The third-order valence-corrected chi connectivity index (χ3v) is 1.56. The van der Waals surface area contributed by atoms with Gasteiger partial charge in [0.05, 0.1) is 12.3 Å². The highest BCUT2D eigenvalue weighted by molar-refractivity contribution is 4.64. The summed E-state index contributed by atoms with van der Waals surface area (Å²) < 4.78 is 5.57. The minimum Gasteiger partial charge on any atom is -0.360 e. The Labute approximate surface area is 64.2 Å². The minimum atomic E-state index is 0.0320. The lowest BCUT2D eigenvalue weighted by Gasteiger charge is -2.25.